The monoisotopic (exact) mass is 137 g/mol. The maximum atomic E-state index is 6.96. The molecule has 1 aromatic heterocycles. The highest BCUT2D eigenvalue weighted by Gasteiger charge is 1.89. The summed E-state index contributed by atoms with van der Waals surface area (Å²) in [4.78, 5) is 0. The molecule has 0 radical (unpaired) electrons. The highest BCUT2D eigenvalue weighted by Crippen LogP contribution is 1.91. The first-order valence-corrected chi connectivity index (χ1v) is 3.22. The molecule has 3 heteroatoms. The number of nitrogens with zero attached hydrogens (tertiary/aromatic N) is 1. The van der Waals surface area contributed by atoms with E-state index in [1.54, 1.807) is 0 Å². The summed E-state index contributed by atoms with van der Waals surface area (Å²) in [5, 5.41) is 6.96. The van der Waals surface area contributed by atoms with E-state index in [-0.39, 0.29) is 5.84 Å². The van der Waals surface area contributed by atoms with E-state index < -0.39 is 0 Å². The van der Waals surface area contributed by atoms with E-state index in [1.807, 2.05) is 29.1 Å². The number of nitrogens with one attached hydrogen (secondary N) is 1. The van der Waals surface area contributed by atoms with Crippen molar-refractivity contribution in [1.82, 2.24) is 4.57 Å². The Kier molecular flexibility index (Phi) is 2.10. The second-order valence-electron chi connectivity index (χ2n) is 2.20. The van der Waals surface area contributed by atoms with E-state index in [1.165, 1.54) is 0 Å². The van der Waals surface area contributed by atoms with Gasteiger partial charge in [0.05, 0.1) is 5.84 Å². The molecule has 0 amide bonds. The van der Waals surface area contributed by atoms with Gasteiger partial charge in [-0.3, -0.25) is 5.41 Å². The molecule has 1 heterocycles. The Balaban J connectivity index is 2.35. The number of hydrogen-bond donors (Lipinski definition) is 2. The van der Waals surface area contributed by atoms with Crippen LogP contribution in [-0.4, -0.2) is 10.4 Å². The van der Waals surface area contributed by atoms with E-state index in [0.29, 0.717) is 6.42 Å². The molecule has 0 aliphatic rings. The molecule has 0 aliphatic heterocycles. The molecule has 0 spiro atoms. The molecule has 0 fully saturated rings. The van der Waals surface area contributed by atoms with Crippen LogP contribution in [0.25, 0.3) is 0 Å². The Hall–Kier alpha value is -1.25. The number of rotatable bonds is 3. The van der Waals surface area contributed by atoms with Crippen molar-refractivity contribution < 1.29 is 0 Å². The molecule has 0 bridgehead atoms. The Morgan fingerprint density at radius 1 is 1.40 bits per heavy atom. The summed E-state index contributed by atoms with van der Waals surface area (Å²) in [6.07, 6.45) is 4.56. The van der Waals surface area contributed by atoms with Crippen molar-refractivity contribution in [2.24, 2.45) is 5.73 Å². The van der Waals surface area contributed by atoms with Crippen molar-refractivity contribution in [2.75, 3.05) is 0 Å². The van der Waals surface area contributed by atoms with Gasteiger partial charge < -0.3 is 10.3 Å². The second kappa shape index (κ2) is 3.06. The molecule has 0 aromatic carbocycles. The molecule has 0 aliphatic carbocycles. The van der Waals surface area contributed by atoms with Gasteiger partial charge in [-0.05, 0) is 12.1 Å². The normalized spacial score (nSPS) is 9.60. The Labute approximate surface area is 60.0 Å². The minimum absolute atomic E-state index is 0.244. The fourth-order valence-corrected chi connectivity index (χ4v) is 0.769. The lowest BCUT2D eigenvalue weighted by molar-refractivity contribution is 0.726. The van der Waals surface area contributed by atoms with Gasteiger partial charge in [-0.1, -0.05) is 0 Å². The number of hydrogen-bond acceptors (Lipinski definition) is 1. The number of amidine groups is 1. The third-order valence-electron chi connectivity index (χ3n) is 1.31. The second-order valence-corrected chi connectivity index (χ2v) is 2.20. The van der Waals surface area contributed by atoms with Gasteiger partial charge in [-0.15, -0.1) is 0 Å². The largest absolute Gasteiger partial charge is 0.388 e. The smallest absolute Gasteiger partial charge is 0.0923 e. The molecule has 3 nitrogen and oxygen atoms in total. The predicted molar refractivity (Wildman–Crippen MR) is 41.0 cm³/mol. The maximum Gasteiger partial charge on any atom is 0.0923 e. The Morgan fingerprint density at radius 3 is 2.50 bits per heavy atom. The van der Waals surface area contributed by atoms with Crippen molar-refractivity contribution in [1.29, 1.82) is 5.41 Å². The van der Waals surface area contributed by atoms with Gasteiger partial charge in [-0.2, -0.15) is 0 Å². The van der Waals surface area contributed by atoms with Crippen LogP contribution < -0.4 is 5.73 Å². The van der Waals surface area contributed by atoms with Crippen molar-refractivity contribution in [3.8, 4) is 0 Å². The lowest BCUT2D eigenvalue weighted by Crippen LogP contribution is -2.12. The topological polar surface area (TPSA) is 54.8 Å². The van der Waals surface area contributed by atoms with Gasteiger partial charge in [0.25, 0.3) is 0 Å². The zero-order valence-electron chi connectivity index (χ0n) is 5.75. The average molecular weight is 137 g/mol. The van der Waals surface area contributed by atoms with Crippen LogP contribution in [0.3, 0.4) is 0 Å². The summed E-state index contributed by atoms with van der Waals surface area (Å²) in [6.45, 7) is 0.808. The summed E-state index contributed by atoms with van der Waals surface area (Å²) in [5.74, 6) is 0.244. The summed E-state index contributed by atoms with van der Waals surface area (Å²) in [5.41, 5.74) is 5.18. The standard InChI is InChI=1S/C7H11N3/c8-7(9)3-6-10-4-1-2-5-10/h1-2,4-5H,3,6H2,(H3,8,9). The number of aromatic nitrogens is 1. The molecule has 0 unspecified atom stereocenters. The highest BCUT2D eigenvalue weighted by atomic mass is 14.9. The van der Waals surface area contributed by atoms with Crippen molar-refractivity contribution >= 4 is 5.84 Å². The van der Waals surface area contributed by atoms with E-state index in [2.05, 4.69) is 0 Å². The maximum absolute atomic E-state index is 6.96. The fourth-order valence-electron chi connectivity index (χ4n) is 0.769. The molecule has 1 rings (SSSR count). The van der Waals surface area contributed by atoms with Gasteiger partial charge in [0.1, 0.15) is 0 Å². The third-order valence-corrected chi connectivity index (χ3v) is 1.31. The molecule has 3 N–H and O–H groups in total. The van der Waals surface area contributed by atoms with Crippen LogP contribution in [0, 0.1) is 5.41 Å². The highest BCUT2D eigenvalue weighted by molar-refractivity contribution is 5.76. The van der Waals surface area contributed by atoms with Gasteiger partial charge >= 0.3 is 0 Å². The van der Waals surface area contributed by atoms with Crippen LogP contribution >= 0.6 is 0 Å². The van der Waals surface area contributed by atoms with Crippen molar-refractivity contribution in [3.63, 3.8) is 0 Å². The first kappa shape index (κ1) is 6.86. The van der Waals surface area contributed by atoms with Gasteiger partial charge in [0.2, 0.25) is 0 Å². The molecule has 0 saturated carbocycles. The summed E-state index contributed by atoms with van der Waals surface area (Å²) >= 11 is 0. The first-order valence-electron chi connectivity index (χ1n) is 3.22. The quantitative estimate of drug-likeness (QED) is 0.470. The fraction of sp³-hybridized carbons (Fsp3) is 0.286. The molecule has 0 saturated heterocycles. The van der Waals surface area contributed by atoms with Gasteiger partial charge in [0, 0.05) is 25.4 Å². The zero-order valence-corrected chi connectivity index (χ0v) is 5.75. The zero-order chi connectivity index (χ0) is 7.40. The minimum Gasteiger partial charge on any atom is -0.388 e. The predicted octanol–water partition coefficient (Wildman–Crippen LogP) is 0.814. The first-order chi connectivity index (χ1) is 4.79. The lowest BCUT2D eigenvalue weighted by atomic mass is 10.4. The Morgan fingerprint density at radius 2 is 2.00 bits per heavy atom. The molecule has 0 atom stereocenters. The summed E-state index contributed by atoms with van der Waals surface area (Å²) in [6, 6.07) is 3.92. The SMILES string of the molecule is N=C(N)CCn1cccc1. The number of aryl methyl sites for hydroxylation is 1. The third kappa shape index (κ3) is 1.93. The van der Waals surface area contributed by atoms with Crippen molar-refractivity contribution in [2.45, 2.75) is 13.0 Å². The summed E-state index contributed by atoms with van der Waals surface area (Å²) in [7, 11) is 0. The number of nitrogens with two attached hydrogens (primary N) is 1. The van der Waals surface area contributed by atoms with Gasteiger partial charge in [-0.25, -0.2) is 0 Å². The molecule has 54 valence electrons. The Bertz CT molecular complexity index is 201. The van der Waals surface area contributed by atoms with Crippen LogP contribution in [0.15, 0.2) is 24.5 Å². The van der Waals surface area contributed by atoms with Crippen molar-refractivity contribution in [3.05, 3.63) is 24.5 Å². The van der Waals surface area contributed by atoms with E-state index in [0.717, 1.165) is 6.54 Å². The minimum atomic E-state index is 0.244. The van der Waals surface area contributed by atoms with Crippen LogP contribution in [0.5, 0.6) is 0 Å². The van der Waals surface area contributed by atoms with E-state index in [9.17, 15) is 0 Å². The van der Waals surface area contributed by atoms with Crippen LogP contribution in [0.1, 0.15) is 6.42 Å². The molecular weight excluding hydrogens is 126 g/mol. The summed E-state index contributed by atoms with van der Waals surface area (Å²) < 4.78 is 2.00. The van der Waals surface area contributed by atoms with Gasteiger partial charge in [0.15, 0.2) is 0 Å². The molecule has 1 aromatic rings. The molecule has 10 heavy (non-hydrogen) atoms. The van der Waals surface area contributed by atoms with Crippen LogP contribution in [0.4, 0.5) is 0 Å². The van der Waals surface area contributed by atoms with E-state index in [4.69, 9.17) is 11.1 Å². The van der Waals surface area contributed by atoms with Crippen LogP contribution in [-0.2, 0) is 6.54 Å². The average Bonchev–Trinajstić information content (AvgIpc) is 2.34. The molecular formula is C7H11N3. The van der Waals surface area contributed by atoms with E-state index >= 15 is 0 Å². The van der Waals surface area contributed by atoms with Crippen LogP contribution in [0.2, 0.25) is 0 Å². The lowest BCUT2D eigenvalue weighted by Gasteiger charge is -1.99.